The normalized spacial score (nSPS) is 21.0. The molecule has 1 aliphatic rings. The lowest BCUT2D eigenvalue weighted by atomic mass is 10.1. The van der Waals surface area contributed by atoms with Crippen molar-refractivity contribution in [2.45, 2.75) is 19.8 Å². The third-order valence-electron chi connectivity index (χ3n) is 1.73. The molecule has 0 atom stereocenters. The minimum Gasteiger partial charge on any atom is -0.365 e. The second-order valence-electron chi connectivity index (χ2n) is 2.60. The highest BCUT2D eigenvalue weighted by atomic mass is 35.5. The predicted octanol–water partition coefficient (Wildman–Crippen LogP) is 2.18. The second-order valence-corrected chi connectivity index (χ2v) is 2.95. The quantitative estimate of drug-likeness (QED) is 0.473. The highest BCUT2D eigenvalue weighted by molar-refractivity contribution is 6.29. The van der Waals surface area contributed by atoms with Crippen LogP contribution in [0, 0.1) is 0 Å². The molecule has 1 nitrogen and oxygen atoms in total. The van der Waals surface area contributed by atoms with Gasteiger partial charge in [-0.1, -0.05) is 11.6 Å². The zero-order chi connectivity index (χ0) is 6.85. The van der Waals surface area contributed by atoms with Gasteiger partial charge in [-0.2, -0.15) is 0 Å². The van der Waals surface area contributed by atoms with Gasteiger partial charge in [0, 0.05) is 13.6 Å². The fourth-order valence-electron chi connectivity index (χ4n) is 1.11. The summed E-state index contributed by atoms with van der Waals surface area (Å²) in [5.74, 6) is 0. The van der Waals surface area contributed by atoms with Crippen molar-refractivity contribution in [1.29, 1.82) is 0 Å². The van der Waals surface area contributed by atoms with Crippen molar-refractivity contribution in [3.05, 3.63) is 10.7 Å². The number of allylic oxidation sites excluding steroid dienone is 1. The number of halogens is 1. The molecule has 0 saturated heterocycles. The molecule has 0 saturated carbocycles. The number of nitrogens with zero attached hydrogens (tertiary/aromatic N) is 1. The Hall–Kier alpha value is -0.170. The van der Waals surface area contributed by atoms with E-state index in [0.29, 0.717) is 0 Å². The molecular formula is C7H12ClN. The Bertz CT molecular complexity index is 140. The minimum atomic E-state index is 0.946. The first kappa shape index (κ1) is 6.94. The minimum absolute atomic E-state index is 0.946. The molecule has 2 heteroatoms. The molecule has 0 amide bonds. The van der Waals surface area contributed by atoms with Crippen LogP contribution < -0.4 is 0 Å². The van der Waals surface area contributed by atoms with Crippen molar-refractivity contribution in [3.63, 3.8) is 0 Å². The SMILES string of the molecule is CC1=C(Cl)N(C)CCC1. The first-order valence-corrected chi connectivity index (χ1v) is 3.66. The Balaban J connectivity index is 2.72. The van der Waals surface area contributed by atoms with Crippen LogP contribution in [0.25, 0.3) is 0 Å². The van der Waals surface area contributed by atoms with E-state index in [0.717, 1.165) is 11.7 Å². The van der Waals surface area contributed by atoms with Crippen LogP contribution in [0.3, 0.4) is 0 Å². The first-order chi connectivity index (χ1) is 4.22. The number of hydrogen-bond donors (Lipinski definition) is 0. The fraction of sp³-hybridized carbons (Fsp3) is 0.714. The van der Waals surface area contributed by atoms with E-state index in [9.17, 15) is 0 Å². The average Bonchev–Trinajstić information content (AvgIpc) is 1.83. The molecule has 0 aromatic rings. The van der Waals surface area contributed by atoms with Crippen LogP contribution in [0.2, 0.25) is 0 Å². The summed E-state index contributed by atoms with van der Waals surface area (Å²) in [5, 5.41) is 0.946. The summed E-state index contributed by atoms with van der Waals surface area (Å²) in [7, 11) is 2.03. The monoisotopic (exact) mass is 145 g/mol. The van der Waals surface area contributed by atoms with Crippen LogP contribution in [-0.4, -0.2) is 18.5 Å². The van der Waals surface area contributed by atoms with Gasteiger partial charge in [0.25, 0.3) is 0 Å². The standard InChI is InChI=1S/C7H12ClN/c1-6-4-3-5-9(2)7(6)8/h3-5H2,1-2H3. The summed E-state index contributed by atoms with van der Waals surface area (Å²) < 4.78 is 0. The largest absolute Gasteiger partial charge is 0.365 e. The van der Waals surface area contributed by atoms with Gasteiger partial charge in [-0.05, 0) is 25.3 Å². The van der Waals surface area contributed by atoms with Gasteiger partial charge >= 0.3 is 0 Å². The van der Waals surface area contributed by atoms with Gasteiger partial charge in [0.15, 0.2) is 0 Å². The van der Waals surface area contributed by atoms with E-state index >= 15 is 0 Å². The molecule has 0 spiro atoms. The van der Waals surface area contributed by atoms with Gasteiger partial charge in [-0.25, -0.2) is 0 Å². The van der Waals surface area contributed by atoms with E-state index in [4.69, 9.17) is 11.6 Å². The van der Waals surface area contributed by atoms with Crippen LogP contribution in [0.15, 0.2) is 10.7 Å². The van der Waals surface area contributed by atoms with Crippen LogP contribution in [0.1, 0.15) is 19.8 Å². The summed E-state index contributed by atoms with van der Waals surface area (Å²) in [5.41, 5.74) is 1.32. The van der Waals surface area contributed by atoms with Crippen LogP contribution in [0.5, 0.6) is 0 Å². The Morgan fingerprint density at radius 1 is 1.56 bits per heavy atom. The van der Waals surface area contributed by atoms with E-state index < -0.39 is 0 Å². The van der Waals surface area contributed by atoms with Gasteiger partial charge in [-0.3, -0.25) is 0 Å². The van der Waals surface area contributed by atoms with E-state index in [1.165, 1.54) is 18.4 Å². The third kappa shape index (κ3) is 1.39. The van der Waals surface area contributed by atoms with Gasteiger partial charge in [0.05, 0.1) is 0 Å². The Morgan fingerprint density at radius 3 is 2.67 bits per heavy atom. The molecular weight excluding hydrogens is 134 g/mol. The maximum Gasteiger partial charge on any atom is 0.103 e. The topological polar surface area (TPSA) is 3.24 Å². The summed E-state index contributed by atoms with van der Waals surface area (Å²) >= 11 is 5.92. The smallest absolute Gasteiger partial charge is 0.103 e. The van der Waals surface area contributed by atoms with Crippen LogP contribution in [0.4, 0.5) is 0 Å². The lowest BCUT2D eigenvalue weighted by Gasteiger charge is -2.24. The molecule has 0 radical (unpaired) electrons. The summed E-state index contributed by atoms with van der Waals surface area (Å²) in [6.45, 7) is 3.20. The zero-order valence-corrected chi connectivity index (χ0v) is 6.70. The molecule has 0 N–H and O–H groups in total. The fourth-order valence-corrected chi connectivity index (χ4v) is 1.29. The van der Waals surface area contributed by atoms with E-state index in [2.05, 4.69) is 11.8 Å². The third-order valence-corrected chi connectivity index (χ3v) is 2.34. The molecule has 1 heterocycles. The number of rotatable bonds is 0. The van der Waals surface area contributed by atoms with Crippen LogP contribution >= 0.6 is 11.6 Å². The zero-order valence-electron chi connectivity index (χ0n) is 5.95. The molecule has 0 aromatic heterocycles. The van der Waals surface area contributed by atoms with Crippen molar-refractivity contribution in [3.8, 4) is 0 Å². The average molecular weight is 146 g/mol. The van der Waals surface area contributed by atoms with E-state index in [-0.39, 0.29) is 0 Å². The summed E-state index contributed by atoms with van der Waals surface area (Å²) in [6, 6.07) is 0. The van der Waals surface area contributed by atoms with Crippen LogP contribution in [-0.2, 0) is 0 Å². The Morgan fingerprint density at radius 2 is 2.22 bits per heavy atom. The lowest BCUT2D eigenvalue weighted by Crippen LogP contribution is -2.21. The van der Waals surface area contributed by atoms with Crippen molar-refractivity contribution in [2.75, 3.05) is 13.6 Å². The van der Waals surface area contributed by atoms with E-state index in [1.54, 1.807) is 0 Å². The molecule has 0 fully saturated rings. The maximum absolute atomic E-state index is 5.92. The molecule has 0 aliphatic carbocycles. The number of hydrogen-bond acceptors (Lipinski definition) is 1. The Labute approximate surface area is 61.3 Å². The highest BCUT2D eigenvalue weighted by Gasteiger charge is 2.10. The molecule has 52 valence electrons. The highest BCUT2D eigenvalue weighted by Crippen LogP contribution is 2.22. The Kier molecular flexibility index (Phi) is 2.01. The summed E-state index contributed by atoms with van der Waals surface area (Å²) in [4.78, 5) is 2.10. The summed E-state index contributed by atoms with van der Waals surface area (Å²) in [6.07, 6.45) is 2.42. The van der Waals surface area contributed by atoms with Gasteiger partial charge in [-0.15, -0.1) is 0 Å². The molecule has 0 bridgehead atoms. The molecule has 1 aliphatic heterocycles. The molecule has 0 unspecified atom stereocenters. The molecule has 1 rings (SSSR count). The van der Waals surface area contributed by atoms with Gasteiger partial charge in [0.2, 0.25) is 0 Å². The molecule has 9 heavy (non-hydrogen) atoms. The first-order valence-electron chi connectivity index (χ1n) is 3.28. The van der Waals surface area contributed by atoms with Crippen molar-refractivity contribution in [1.82, 2.24) is 4.90 Å². The lowest BCUT2D eigenvalue weighted by molar-refractivity contribution is 0.403. The van der Waals surface area contributed by atoms with Gasteiger partial charge in [0.1, 0.15) is 5.16 Å². The van der Waals surface area contributed by atoms with Crippen molar-refractivity contribution in [2.24, 2.45) is 0 Å². The van der Waals surface area contributed by atoms with E-state index in [1.807, 2.05) is 7.05 Å². The van der Waals surface area contributed by atoms with Gasteiger partial charge < -0.3 is 4.90 Å². The van der Waals surface area contributed by atoms with Crippen molar-refractivity contribution < 1.29 is 0 Å². The second kappa shape index (κ2) is 2.61. The maximum atomic E-state index is 5.92. The van der Waals surface area contributed by atoms with Crippen molar-refractivity contribution >= 4 is 11.6 Å². The molecule has 0 aromatic carbocycles. The predicted molar refractivity (Wildman–Crippen MR) is 40.4 cm³/mol.